The number of carbonyl (C=O) groups is 3. The molecule has 0 aliphatic rings. The molecule has 2 unspecified atom stereocenters. The fourth-order valence-electron chi connectivity index (χ4n) is 3.53. The van der Waals surface area contributed by atoms with E-state index in [9.17, 15) is 18.8 Å². The predicted octanol–water partition coefficient (Wildman–Crippen LogP) is 4.93. The van der Waals surface area contributed by atoms with Crippen molar-refractivity contribution in [1.82, 2.24) is 10.3 Å². The van der Waals surface area contributed by atoms with Crippen LogP contribution in [0.3, 0.4) is 0 Å². The molecule has 0 aliphatic carbocycles. The molecule has 0 aliphatic heterocycles. The Kier molecular flexibility index (Phi) is 8.43. The minimum absolute atomic E-state index is 0.0275. The van der Waals surface area contributed by atoms with Crippen LogP contribution in [0.1, 0.15) is 64.4 Å². The van der Waals surface area contributed by atoms with Gasteiger partial charge >= 0.3 is 0 Å². The number of ketones is 2. The molecule has 31 heavy (non-hydrogen) atoms. The van der Waals surface area contributed by atoms with Gasteiger partial charge in [0.2, 0.25) is 5.91 Å². The third kappa shape index (κ3) is 6.94. The number of nitrogens with zero attached hydrogens (tertiary/aromatic N) is 1. The highest BCUT2D eigenvalue weighted by Crippen LogP contribution is 2.24. The number of fused-ring (bicyclic) bond motifs is 1. The van der Waals surface area contributed by atoms with E-state index in [-0.39, 0.29) is 23.5 Å². The average Bonchev–Trinajstić information content (AvgIpc) is 2.72. The predicted molar refractivity (Wildman–Crippen MR) is 121 cm³/mol. The van der Waals surface area contributed by atoms with E-state index in [4.69, 9.17) is 0 Å². The van der Waals surface area contributed by atoms with Gasteiger partial charge in [-0.1, -0.05) is 58.9 Å². The monoisotopic (exact) mass is 428 g/mol. The lowest BCUT2D eigenvalue weighted by Gasteiger charge is -2.26. The van der Waals surface area contributed by atoms with Gasteiger partial charge in [-0.3, -0.25) is 19.4 Å². The zero-order valence-corrected chi connectivity index (χ0v) is 19.1. The van der Waals surface area contributed by atoms with Gasteiger partial charge in [-0.15, -0.1) is 0 Å². The first-order valence-corrected chi connectivity index (χ1v) is 10.8. The first-order chi connectivity index (χ1) is 14.5. The van der Waals surface area contributed by atoms with E-state index < -0.39 is 30.3 Å². The maximum Gasteiger partial charge on any atom is 0.224 e. The van der Waals surface area contributed by atoms with Crippen molar-refractivity contribution in [2.75, 3.05) is 6.67 Å². The topological polar surface area (TPSA) is 76.1 Å². The molecule has 1 N–H and O–H groups in total. The zero-order chi connectivity index (χ0) is 23.2. The Morgan fingerprint density at radius 1 is 1.10 bits per heavy atom. The number of amides is 1. The minimum Gasteiger partial charge on any atom is -0.346 e. The summed E-state index contributed by atoms with van der Waals surface area (Å²) in [6.45, 7) is 8.67. The number of carbonyl (C=O) groups excluding carboxylic acids is 3. The maximum atomic E-state index is 13.1. The second-order valence-electron chi connectivity index (χ2n) is 9.62. The van der Waals surface area contributed by atoms with E-state index in [0.29, 0.717) is 18.5 Å². The number of halogens is 1. The summed E-state index contributed by atoms with van der Waals surface area (Å²) < 4.78 is 13.1. The fourth-order valence-corrected chi connectivity index (χ4v) is 3.53. The molecule has 1 aromatic heterocycles. The zero-order valence-electron chi connectivity index (χ0n) is 19.1. The lowest BCUT2D eigenvalue weighted by atomic mass is 9.86. The standard InChI is InChI=1S/C25H33FN2O3/c1-16(2)19(24(31)28-20(22(30)15-26)10-12-25(3,4)5)14-21(29)23-18-9-7-6-8-17(18)11-13-27-23/h6-9,11,13,16,19-20H,10,12,14-15H2,1-5H3,(H,28,31). The molecular weight excluding hydrogens is 395 g/mol. The summed E-state index contributed by atoms with van der Waals surface area (Å²) in [6, 6.07) is 8.42. The molecule has 1 heterocycles. The molecular formula is C25H33FN2O3. The van der Waals surface area contributed by atoms with Crippen molar-refractivity contribution in [2.45, 2.75) is 59.9 Å². The van der Waals surface area contributed by atoms with Crippen LogP contribution in [-0.2, 0) is 9.59 Å². The molecule has 2 aromatic rings. The highest BCUT2D eigenvalue weighted by molar-refractivity contribution is 6.07. The van der Waals surface area contributed by atoms with Gasteiger partial charge in [0.05, 0.1) is 6.04 Å². The van der Waals surface area contributed by atoms with Crippen molar-refractivity contribution in [3.63, 3.8) is 0 Å². The van der Waals surface area contributed by atoms with Crippen LogP contribution in [0.25, 0.3) is 10.8 Å². The van der Waals surface area contributed by atoms with Crippen molar-refractivity contribution >= 4 is 28.2 Å². The molecule has 0 bridgehead atoms. The van der Waals surface area contributed by atoms with Gasteiger partial charge in [-0.25, -0.2) is 4.39 Å². The SMILES string of the molecule is CC(C)C(CC(=O)c1nccc2ccccc12)C(=O)NC(CCC(C)(C)C)C(=O)CF. The number of nitrogens with one attached hydrogen (secondary N) is 1. The highest BCUT2D eigenvalue weighted by Gasteiger charge is 2.30. The molecule has 0 fully saturated rings. The molecule has 5 nitrogen and oxygen atoms in total. The van der Waals surface area contributed by atoms with E-state index in [1.807, 2.05) is 65.0 Å². The molecule has 0 saturated carbocycles. The Bertz CT molecular complexity index is 929. The number of pyridine rings is 1. The molecule has 0 radical (unpaired) electrons. The summed E-state index contributed by atoms with van der Waals surface area (Å²) in [4.78, 5) is 42.4. The summed E-state index contributed by atoms with van der Waals surface area (Å²) in [5.74, 6) is -2.04. The van der Waals surface area contributed by atoms with E-state index in [1.165, 1.54) is 0 Å². The number of alkyl halides is 1. The van der Waals surface area contributed by atoms with Crippen LogP contribution >= 0.6 is 0 Å². The Labute approximate surface area is 183 Å². The molecule has 0 saturated heterocycles. The van der Waals surface area contributed by atoms with E-state index >= 15 is 0 Å². The second kappa shape index (κ2) is 10.6. The Hall–Kier alpha value is -2.63. The van der Waals surface area contributed by atoms with Crippen molar-refractivity contribution in [2.24, 2.45) is 17.3 Å². The van der Waals surface area contributed by atoms with Crippen LogP contribution in [0, 0.1) is 17.3 Å². The van der Waals surface area contributed by atoms with Crippen molar-refractivity contribution in [3.05, 3.63) is 42.2 Å². The second-order valence-corrected chi connectivity index (χ2v) is 9.62. The summed E-state index contributed by atoms with van der Waals surface area (Å²) in [7, 11) is 0. The van der Waals surface area contributed by atoms with Gasteiger partial charge in [-0.05, 0) is 35.6 Å². The third-order valence-electron chi connectivity index (χ3n) is 5.50. The smallest absolute Gasteiger partial charge is 0.224 e. The molecule has 1 amide bonds. The van der Waals surface area contributed by atoms with Crippen molar-refractivity contribution < 1.29 is 18.8 Å². The lowest BCUT2D eigenvalue weighted by Crippen LogP contribution is -2.46. The van der Waals surface area contributed by atoms with Crippen LogP contribution in [0.4, 0.5) is 4.39 Å². The van der Waals surface area contributed by atoms with E-state index in [0.717, 1.165) is 10.8 Å². The maximum absolute atomic E-state index is 13.1. The van der Waals surface area contributed by atoms with Crippen LogP contribution in [-0.4, -0.2) is 35.2 Å². The summed E-state index contributed by atoms with van der Waals surface area (Å²) in [5, 5.41) is 4.36. The molecule has 6 heteroatoms. The van der Waals surface area contributed by atoms with E-state index in [1.54, 1.807) is 6.20 Å². The van der Waals surface area contributed by atoms with Gasteiger partial charge in [0.1, 0.15) is 12.4 Å². The Morgan fingerprint density at radius 3 is 2.39 bits per heavy atom. The fraction of sp³-hybridized carbons (Fsp3) is 0.520. The summed E-state index contributed by atoms with van der Waals surface area (Å²) in [5.41, 5.74) is 0.285. The van der Waals surface area contributed by atoms with Crippen LogP contribution < -0.4 is 5.32 Å². The first kappa shape index (κ1) is 24.6. The number of hydrogen-bond acceptors (Lipinski definition) is 4. The Balaban J connectivity index is 2.18. The number of aromatic nitrogens is 1. The van der Waals surface area contributed by atoms with Gasteiger partial charge in [-0.2, -0.15) is 0 Å². The molecule has 2 rings (SSSR count). The molecule has 0 spiro atoms. The van der Waals surface area contributed by atoms with Crippen LogP contribution in [0.15, 0.2) is 36.5 Å². The quantitative estimate of drug-likeness (QED) is 0.545. The first-order valence-electron chi connectivity index (χ1n) is 10.8. The van der Waals surface area contributed by atoms with Gasteiger partial charge in [0.15, 0.2) is 11.6 Å². The van der Waals surface area contributed by atoms with E-state index in [2.05, 4.69) is 10.3 Å². The van der Waals surface area contributed by atoms with Gasteiger partial charge in [0.25, 0.3) is 0 Å². The summed E-state index contributed by atoms with van der Waals surface area (Å²) >= 11 is 0. The highest BCUT2D eigenvalue weighted by atomic mass is 19.1. The third-order valence-corrected chi connectivity index (χ3v) is 5.50. The number of benzene rings is 1. The van der Waals surface area contributed by atoms with Gasteiger partial charge < -0.3 is 5.32 Å². The molecule has 1 aromatic carbocycles. The molecule has 2 atom stereocenters. The summed E-state index contributed by atoms with van der Waals surface area (Å²) in [6.07, 6.45) is 2.58. The number of hydrogen-bond donors (Lipinski definition) is 1. The lowest BCUT2D eigenvalue weighted by molar-refractivity contribution is -0.131. The minimum atomic E-state index is -1.12. The Morgan fingerprint density at radius 2 is 1.77 bits per heavy atom. The average molecular weight is 429 g/mol. The number of rotatable bonds is 10. The van der Waals surface area contributed by atoms with Crippen LogP contribution in [0.2, 0.25) is 0 Å². The van der Waals surface area contributed by atoms with Crippen molar-refractivity contribution in [1.29, 1.82) is 0 Å². The van der Waals surface area contributed by atoms with Crippen molar-refractivity contribution in [3.8, 4) is 0 Å². The van der Waals surface area contributed by atoms with Gasteiger partial charge in [0, 0.05) is 23.9 Å². The largest absolute Gasteiger partial charge is 0.346 e. The van der Waals surface area contributed by atoms with Crippen LogP contribution in [0.5, 0.6) is 0 Å². The number of Topliss-reactive ketones (excluding diaryl/α,β-unsaturated/α-hetero) is 2. The molecule has 168 valence electrons. The normalized spacial score (nSPS) is 13.8.